The van der Waals surface area contributed by atoms with Crippen LogP contribution in [0.25, 0.3) is 11.3 Å². The van der Waals surface area contributed by atoms with Gasteiger partial charge in [0.2, 0.25) is 0 Å². The van der Waals surface area contributed by atoms with Crippen molar-refractivity contribution in [3.8, 4) is 11.3 Å². The highest BCUT2D eigenvalue weighted by atomic mass is 35.5. The highest BCUT2D eigenvalue weighted by molar-refractivity contribution is 6.18. The minimum Gasteiger partial charge on any atom is -0.390 e. The third kappa shape index (κ3) is 4.37. The number of alkyl halides is 3. The van der Waals surface area contributed by atoms with E-state index in [1.165, 1.54) is 6.07 Å². The number of anilines is 1. The molecule has 2 rings (SSSR count). The number of aliphatic hydroxyl groups is 1. The number of hydrogen-bond acceptors (Lipinski definition) is 3. The Morgan fingerprint density at radius 3 is 2.48 bits per heavy atom. The molecule has 112 valence electrons. The first-order valence-corrected chi connectivity index (χ1v) is 6.97. The summed E-state index contributed by atoms with van der Waals surface area (Å²) < 4.78 is 25.3. The lowest BCUT2D eigenvalue weighted by Crippen LogP contribution is -2.20. The van der Waals surface area contributed by atoms with Gasteiger partial charge < -0.3 is 10.4 Å². The van der Waals surface area contributed by atoms with E-state index in [2.05, 4.69) is 10.3 Å². The van der Waals surface area contributed by atoms with Crippen molar-refractivity contribution in [2.75, 3.05) is 17.7 Å². The third-order valence-electron chi connectivity index (χ3n) is 2.89. The smallest absolute Gasteiger partial charge is 0.280 e. The minimum atomic E-state index is -2.58. The largest absolute Gasteiger partial charge is 0.390 e. The van der Waals surface area contributed by atoms with E-state index in [0.717, 1.165) is 11.3 Å². The molecule has 21 heavy (non-hydrogen) atoms. The van der Waals surface area contributed by atoms with Gasteiger partial charge in [-0.15, -0.1) is 11.6 Å². The van der Waals surface area contributed by atoms with Crippen molar-refractivity contribution >= 4 is 17.3 Å². The number of aliphatic hydroxyl groups excluding tert-OH is 1. The molecule has 1 heterocycles. The van der Waals surface area contributed by atoms with Crippen molar-refractivity contribution in [1.82, 2.24) is 4.98 Å². The molecule has 0 aliphatic carbocycles. The van der Waals surface area contributed by atoms with E-state index in [9.17, 15) is 13.9 Å². The molecular weight excluding hydrogens is 298 g/mol. The Kier molecular flexibility index (Phi) is 5.47. The summed E-state index contributed by atoms with van der Waals surface area (Å²) in [4.78, 5) is 3.93. The normalized spacial score (nSPS) is 12.4. The topological polar surface area (TPSA) is 45.1 Å². The lowest BCUT2D eigenvalue weighted by atomic mass is 10.1. The average Bonchev–Trinajstić information content (AvgIpc) is 2.53. The Labute approximate surface area is 126 Å². The van der Waals surface area contributed by atoms with Gasteiger partial charge in [-0.25, -0.2) is 13.8 Å². The van der Waals surface area contributed by atoms with Crippen LogP contribution in [0.1, 0.15) is 12.1 Å². The minimum absolute atomic E-state index is 0.162. The zero-order valence-electron chi connectivity index (χ0n) is 11.1. The van der Waals surface area contributed by atoms with Gasteiger partial charge in [-0.3, -0.25) is 0 Å². The van der Waals surface area contributed by atoms with E-state index in [0.29, 0.717) is 12.2 Å². The molecule has 1 atom stereocenters. The highest BCUT2D eigenvalue weighted by Gasteiger charge is 2.09. The van der Waals surface area contributed by atoms with Crippen molar-refractivity contribution in [3.63, 3.8) is 0 Å². The summed E-state index contributed by atoms with van der Waals surface area (Å²) >= 11 is 5.50. The predicted molar refractivity (Wildman–Crippen MR) is 79.8 cm³/mol. The van der Waals surface area contributed by atoms with Crippen molar-refractivity contribution in [3.05, 3.63) is 48.2 Å². The Balaban J connectivity index is 2.10. The second-order valence-corrected chi connectivity index (χ2v) is 4.82. The third-order valence-corrected chi connectivity index (χ3v) is 3.25. The maximum Gasteiger partial charge on any atom is 0.280 e. The summed E-state index contributed by atoms with van der Waals surface area (Å²) in [6.45, 7) is 0.349. The second kappa shape index (κ2) is 7.33. The lowest BCUT2D eigenvalue weighted by molar-refractivity contribution is 0.146. The molecule has 1 aromatic heterocycles. The van der Waals surface area contributed by atoms with Crippen molar-refractivity contribution in [2.45, 2.75) is 12.5 Å². The number of benzene rings is 1. The second-order valence-electron chi connectivity index (χ2n) is 4.51. The molecule has 0 saturated heterocycles. The van der Waals surface area contributed by atoms with Gasteiger partial charge in [-0.1, -0.05) is 18.2 Å². The molecule has 0 fully saturated rings. The van der Waals surface area contributed by atoms with Crippen LogP contribution in [0.3, 0.4) is 0 Å². The SMILES string of the molecule is OC(CCl)CNc1ccc(-c2cccc(C(F)F)n2)cc1. The van der Waals surface area contributed by atoms with E-state index in [1.54, 1.807) is 36.4 Å². The van der Waals surface area contributed by atoms with Gasteiger partial charge in [0.15, 0.2) is 0 Å². The van der Waals surface area contributed by atoms with Gasteiger partial charge in [0, 0.05) is 17.8 Å². The van der Waals surface area contributed by atoms with Gasteiger partial charge in [0.05, 0.1) is 17.7 Å². The van der Waals surface area contributed by atoms with E-state index in [1.807, 2.05) is 0 Å². The fourth-order valence-corrected chi connectivity index (χ4v) is 1.89. The predicted octanol–water partition coefficient (Wildman–Crippen LogP) is 3.70. The first kappa shape index (κ1) is 15.7. The van der Waals surface area contributed by atoms with Crippen molar-refractivity contribution in [2.24, 2.45) is 0 Å². The van der Waals surface area contributed by atoms with Gasteiger partial charge in [0.1, 0.15) is 5.69 Å². The molecule has 1 unspecified atom stereocenters. The summed E-state index contributed by atoms with van der Waals surface area (Å²) in [6, 6.07) is 11.7. The van der Waals surface area contributed by atoms with Crippen LogP contribution in [0, 0.1) is 0 Å². The van der Waals surface area contributed by atoms with Gasteiger partial charge in [-0.05, 0) is 24.3 Å². The first-order valence-electron chi connectivity index (χ1n) is 6.43. The fraction of sp³-hybridized carbons (Fsp3) is 0.267. The van der Waals surface area contributed by atoms with Crippen LogP contribution >= 0.6 is 11.6 Å². The molecule has 0 amide bonds. The highest BCUT2D eigenvalue weighted by Crippen LogP contribution is 2.23. The number of rotatable bonds is 6. The van der Waals surface area contributed by atoms with Crippen LogP contribution in [-0.2, 0) is 0 Å². The Hall–Kier alpha value is -1.72. The van der Waals surface area contributed by atoms with E-state index in [4.69, 9.17) is 11.6 Å². The molecule has 0 saturated carbocycles. The van der Waals surface area contributed by atoms with E-state index in [-0.39, 0.29) is 11.6 Å². The molecule has 0 bridgehead atoms. The van der Waals surface area contributed by atoms with Crippen LogP contribution in [0.4, 0.5) is 14.5 Å². The van der Waals surface area contributed by atoms with Crippen LogP contribution in [0.5, 0.6) is 0 Å². The van der Waals surface area contributed by atoms with Crippen LogP contribution in [0.15, 0.2) is 42.5 Å². The summed E-state index contributed by atoms with van der Waals surface area (Å²) in [7, 11) is 0. The van der Waals surface area contributed by atoms with E-state index < -0.39 is 12.5 Å². The lowest BCUT2D eigenvalue weighted by Gasteiger charge is -2.10. The number of nitrogens with zero attached hydrogens (tertiary/aromatic N) is 1. The number of halogens is 3. The molecular formula is C15H15ClF2N2O. The zero-order valence-corrected chi connectivity index (χ0v) is 11.9. The van der Waals surface area contributed by atoms with Crippen molar-refractivity contribution in [1.29, 1.82) is 0 Å². The molecule has 0 radical (unpaired) electrons. The monoisotopic (exact) mass is 312 g/mol. The number of aromatic nitrogens is 1. The molecule has 6 heteroatoms. The molecule has 2 N–H and O–H groups in total. The van der Waals surface area contributed by atoms with Gasteiger partial charge in [-0.2, -0.15) is 0 Å². The van der Waals surface area contributed by atoms with Gasteiger partial charge >= 0.3 is 0 Å². The van der Waals surface area contributed by atoms with Crippen LogP contribution in [-0.4, -0.2) is 28.6 Å². The molecule has 0 aliphatic heterocycles. The number of nitrogens with one attached hydrogen (secondary N) is 1. The quantitative estimate of drug-likeness (QED) is 0.800. The Bertz CT molecular complexity index is 578. The first-order chi connectivity index (χ1) is 10.1. The summed E-state index contributed by atoms with van der Waals surface area (Å²) in [5, 5.41) is 12.4. The Morgan fingerprint density at radius 2 is 1.86 bits per heavy atom. The maximum absolute atomic E-state index is 12.6. The zero-order chi connectivity index (χ0) is 15.2. The maximum atomic E-state index is 12.6. The van der Waals surface area contributed by atoms with Crippen LogP contribution in [0.2, 0.25) is 0 Å². The molecule has 2 aromatic rings. The van der Waals surface area contributed by atoms with Gasteiger partial charge in [0.25, 0.3) is 6.43 Å². The average molecular weight is 313 g/mol. The summed E-state index contributed by atoms with van der Waals surface area (Å²) in [5.74, 6) is 0.162. The summed E-state index contributed by atoms with van der Waals surface area (Å²) in [6.07, 6.45) is -3.20. The molecule has 0 spiro atoms. The Morgan fingerprint density at radius 1 is 1.14 bits per heavy atom. The molecule has 1 aromatic carbocycles. The van der Waals surface area contributed by atoms with Crippen LogP contribution < -0.4 is 5.32 Å². The molecule has 0 aliphatic rings. The standard InChI is InChI=1S/C15H15ClF2N2O/c16-8-12(21)9-19-11-6-4-10(5-7-11)13-2-1-3-14(20-13)15(17)18/h1-7,12,15,19,21H,8-9H2. The number of hydrogen-bond donors (Lipinski definition) is 2. The fourth-order valence-electron chi connectivity index (χ4n) is 1.78. The van der Waals surface area contributed by atoms with E-state index >= 15 is 0 Å². The van der Waals surface area contributed by atoms with Crippen molar-refractivity contribution < 1.29 is 13.9 Å². The number of pyridine rings is 1. The molecule has 3 nitrogen and oxygen atoms in total. The summed E-state index contributed by atoms with van der Waals surface area (Å²) in [5.41, 5.74) is 1.83.